The lowest BCUT2D eigenvalue weighted by Gasteiger charge is -2.15. The average Bonchev–Trinajstić information content (AvgIpc) is 2.27. The summed E-state index contributed by atoms with van der Waals surface area (Å²) in [5.74, 6) is 0. The molecular formula is C7H9NOS. The third kappa shape index (κ3) is 0.944. The van der Waals surface area contributed by atoms with E-state index in [0.29, 0.717) is 16.8 Å². The van der Waals surface area contributed by atoms with Gasteiger partial charge in [0.1, 0.15) is 0 Å². The number of carbonyl (C=O) groups excluding carboxylic acids is 1. The van der Waals surface area contributed by atoms with Crippen molar-refractivity contribution in [2.75, 3.05) is 6.54 Å². The van der Waals surface area contributed by atoms with Gasteiger partial charge in [0, 0.05) is 18.2 Å². The van der Waals surface area contributed by atoms with E-state index in [9.17, 15) is 4.79 Å². The maximum atomic E-state index is 10.9. The van der Waals surface area contributed by atoms with Crippen LogP contribution in [0.15, 0.2) is 11.8 Å². The molecule has 0 aromatic carbocycles. The average molecular weight is 155 g/mol. The molecule has 54 valence electrons. The Labute approximate surface area is 64.1 Å². The molecule has 10 heavy (non-hydrogen) atoms. The van der Waals surface area contributed by atoms with Crippen molar-refractivity contribution in [3.63, 3.8) is 0 Å². The van der Waals surface area contributed by atoms with E-state index in [4.69, 9.17) is 0 Å². The first kappa shape index (κ1) is 6.28. The molecule has 0 bridgehead atoms. The minimum atomic E-state index is 0.333. The predicted octanol–water partition coefficient (Wildman–Crippen LogP) is 0.896. The minimum Gasteiger partial charge on any atom is -0.391 e. The first-order valence-electron chi connectivity index (χ1n) is 3.48. The van der Waals surface area contributed by atoms with E-state index in [1.807, 2.05) is 6.20 Å². The minimum absolute atomic E-state index is 0.333. The van der Waals surface area contributed by atoms with Crippen molar-refractivity contribution in [3.8, 4) is 0 Å². The van der Waals surface area contributed by atoms with Crippen LogP contribution in [0.3, 0.4) is 0 Å². The van der Waals surface area contributed by atoms with Gasteiger partial charge in [0.05, 0.1) is 0 Å². The Hall–Kier alpha value is -0.440. The summed E-state index contributed by atoms with van der Waals surface area (Å²) in [6, 6.07) is 0. The molecule has 1 saturated heterocycles. The Morgan fingerprint density at radius 1 is 1.70 bits per heavy atom. The second-order valence-corrected chi connectivity index (χ2v) is 3.88. The number of nitrogens with one attached hydrogen (secondary N) is 1. The van der Waals surface area contributed by atoms with Crippen LogP contribution < -0.4 is 5.32 Å². The van der Waals surface area contributed by atoms with E-state index in [-0.39, 0.29) is 0 Å². The predicted molar refractivity (Wildman–Crippen MR) is 41.7 cm³/mol. The molecule has 1 N–H and O–H groups in total. The zero-order valence-electron chi connectivity index (χ0n) is 5.59. The molecule has 2 nitrogen and oxygen atoms in total. The molecule has 1 atom stereocenters. The zero-order valence-corrected chi connectivity index (χ0v) is 6.41. The van der Waals surface area contributed by atoms with E-state index in [2.05, 4.69) is 5.32 Å². The van der Waals surface area contributed by atoms with Crippen LogP contribution in [-0.4, -0.2) is 16.9 Å². The van der Waals surface area contributed by atoms with Crippen molar-refractivity contribution in [3.05, 3.63) is 11.8 Å². The Morgan fingerprint density at radius 3 is 3.40 bits per heavy atom. The number of carbonyl (C=O) groups is 1. The van der Waals surface area contributed by atoms with Crippen molar-refractivity contribution >= 4 is 16.9 Å². The van der Waals surface area contributed by atoms with Gasteiger partial charge in [0.25, 0.3) is 0 Å². The molecular weight excluding hydrogens is 146 g/mol. The highest BCUT2D eigenvalue weighted by atomic mass is 32.2. The molecule has 1 fully saturated rings. The lowest BCUT2D eigenvalue weighted by atomic mass is 10.1. The van der Waals surface area contributed by atoms with Crippen LogP contribution in [0.25, 0.3) is 0 Å². The Balaban J connectivity index is 2.20. The fourth-order valence-corrected chi connectivity index (χ4v) is 2.47. The fourth-order valence-electron chi connectivity index (χ4n) is 1.36. The molecule has 3 heteroatoms. The molecule has 0 spiro atoms. The molecule has 0 radical (unpaired) electrons. The number of fused-ring (bicyclic) bond motifs is 1. The molecule has 0 saturated carbocycles. The summed E-state index contributed by atoms with van der Waals surface area (Å²) in [5.41, 5.74) is 1.29. The summed E-state index contributed by atoms with van der Waals surface area (Å²) in [4.78, 5) is 10.9. The van der Waals surface area contributed by atoms with Gasteiger partial charge in [-0.25, -0.2) is 0 Å². The van der Waals surface area contributed by atoms with Gasteiger partial charge < -0.3 is 5.32 Å². The van der Waals surface area contributed by atoms with Crippen molar-refractivity contribution in [1.82, 2.24) is 5.32 Å². The van der Waals surface area contributed by atoms with E-state index >= 15 is 0 Å². The van der Waals surface area contributed by atoms with Crippen LogP contribution in [0.2, 0.25) is 0 Å². The monoisotopic (exact) mass is 155 g/mol. The second kappa shape index (κ2) is 2.31. The van der Waals surface area contributed by atoms with E-state index in [0.717, 1.165) is 13.0 Å². The highest BCUT2D eigenvalue weighted by Gasteiger charge is 2.29. The maximum absolute atomic E-state index is 10.9. The van der Waals surface area contributed by atoms with Gasteiger partial charge in [-0.15, -0.1) is 0 Å². The standard InChI is InChI=1S/C7H9NOS/c9-7-3-5-4-8-2-1-6(5)10-7/h4,6,8H,1-3H2/t6-/m1/s1. The van der Waals surface area contributed by atoms with E-state index < -0.39 is 0 Å². The molecule has 2 aliphatic heterocycles. The number of thioether (sulfide) groups is 1. The van der Waals surface area contributed by atoms with Gasteiger partial charge in [-0.3, -0.25) is 4.79 Å². The van der Waals surface area contributed by atoms with Gasteiger partial charge in [-0.05, 0) is 18.2 Å². The van der Waals surface area contributed by atoms with Gasteiger partial charge in [-0.1, -0.05) is 11.8 Å². The summed E-state index contributed by atoms with van der Waals surface area (Å²) < 4.78 is 0. The Kier molecular flexibility index (Phi) is 1.45. The van der Waals surface area contributed by atoms with Crippen molar-refractivity contribution in [1.29, 1.82) is 0 Å². The maximum Gasteiger partial charge on any atom is 0.193 e. The lowest BCUT2D eigenvalue weighted by Crippen LogP contribution is -2.20. The van der Waals surface area contributed by atoms with Crippen LogP contribution in [0.4, 0.5) is 0 Å². The molecule has 0 amide bonds. The van der Waals surface area contributed by atoms with Gasteiger partial charge in [0.2, 0.25) is 0 Å². The summed E-state index contributed by atoms with van der Waals surface area (Å²) in [6.07, 6.45) is 3.79. The highest BCUT2D eigenvalue weighted by Crippen LogP contribution is 2.35. The van der Waals surface area contributed by atoms with Gasteiger partial charge in [0.15, 0.2) is 5.12 Å². The van der Waals surface area contributed by atoms with E-state index in [1.165, 1.54) is 17.3 Å². The third-order valence-electron chi connectivity index (χ3n) is 1.87. The quantitative estimate of drug-likeness (QED) is 0.563. The molecule has 2 heterocycles. The normalized spacial score (nSPS) is 31.0. The Bertz CT molecular complexity index is 200. The molecule has 2 aliphatic rings. The van der Waals surface area contributed by atoms with Crippen molar-refractivity contribution < 1.29 is 4.79 Å². The van der Waals surface area contributed by atoms with Crippen LogP contribution in [0, 0.1) is 0 Å². The van der Waals surface area contributed by atoms with Crippen molar-refractivity contribution in [2.45, 2.75) is 18.1 Å². The van der Waals surface area contributed by atoms with Crippen LogP contribution in [-0.2, 0) is 4.79 Å². The fraction of sp³-hybridized carbons (Fsp3) is 0.571. The molecule has 0 unspecified atom stereocenters. The van der Waals surface area contributed by atoms with E-state index in [1.54, 1.807) is 0 Å². The smallest absolute Gasteiger partial charge is 0.193 e. The number of hydrogen-bond acceptors (Lipinski definition) is 3. The summed E-state index contributed by atoms with van der Waals surface area (Å²) in [6.45, 7) is 1.02. The van der Waals surface area contributed by atoms with Crippen LogP contribution in [0.5, 0.6) is 0 Å². The first-order chi connectivity index (χ1) is 4.86. The van der Waals surface area contributed by atoms with Gasteiger partial charge in [-0.2, -0.15) is 0 Å². The topological polar surface area (TPSA) is 29.1 Å². The summed E-state index contributed by atoms with van der Waals surface area (Å²) in [5, 5.41) is 3.99. The largest absolute Gasteiger partial charge is 0.391 e. The summed E-state index contributed by atoms with van der Waals surface area (Å²) in [7, 11) is 0. The van der Waals surface area contributed by atoms with Gasteiger partial charge >= 0.3 is 0 Å². The zero-order chi connectivity index (χ0) is 6.97. The first-order valence-corrected chi connectivity index (χ1v) is 4.36. The van der Waals surface area contributed by atoms with Crippen molar-refractivity contribution in [2.24, 2.45) is 0 Å². The third-order valence-corrected chi connectivity index (χ3v) is 3.10. The molecule has 0 aromatic rings. The Morgan fingerprint density at radius 2 is 2.60 bits per heavy atom. The lowest BCUT2D eigenvalue weighted by molar-refractivity contribution is -0.110. The SMILES string of the molecule is O=C1CC2=CNCC[C@H]2S1. The second-order valence-electron chi connectivity index (χ2n) is 2.62. The molecule has 0 aliphatic carbocycles. The number of rotatable bonds is 0. The summed E-state index contributed by atoms with van der Waals surface area (Å²) >= 11 is 1.50. The number of hydrogen-bond donors (Lipinski definition) is 1. The van der Waals surface area contributed by atoms with Crippen LogP contribution in [0.1, 0.15) is 12.8 Å². The highest BCUT2D eigenvalue weighted by molar-refractivity contribution is 8.14. The molecule has 2 rings (SSSR count). The van der Waals surface area contributed by atoms with Crippen LogP contribution >= 0.6 is 11.8 Å². The molecule has 0 aromatic heterocycles.